The van der Waals surface area contributed by atoms with Crippen LogP contribution in [-0.2, 0) is 23.8 Å². The normalized spacial score (nSPS) is 24.7. The molecule has 1 aromatic carbocycles. The molecule has 2 N–H and O–H groups in total. The van der Waals surface area contributed by atoms with E-state index in [4.69, 9.17) is 26.2 Å². The van der Waals surface area contributed by atoms with Crippen molar-refractivity contribution in [3.8, 4) is 0 Å². The molecule has 1 heterocycles. The maximum absolute atomic E-state index is 12.5. The monoisotopic (exact) mass is 348 g/mol. The van der Waals surface area contributed by atoms with Gasteiger partial charge in [0.05, 0.1) is 7.08 Å². The second-order valence-corrected chi connectivity index (χ2v) is 6.52. The summed E-state index contributed by atoms with van der Waals surface area (Å²) in [6.45, 7) is 2.68. The van der Waals surface area contributed by atoms with Crippen LogP contribution in [0.15, 0.2) is 35.9 Å². The summed E-state index contributed by atoms with van der Waals surface area (Å²) in [6, 6.07) is 5.55. The van der Waals surface area contributed by atoms with E-state index in [0.717, 1.165) is 0 Å². The van der Waals surface area contributed by atoms with E-state index < -0.39 is 45.2 Å². The Kier molecular flexibility index (Phi) is 3.59. The molecule has 0 bridgehead atoms. The van der Waals surface area contributed by atoms with Crippen LogP contribution in [0.5, 0.6) is 0 Å². The average molecular weight is 349 g/mol. The van der Waals surface area contributed by atoms with Crippen LogP contribution >= 0.6 is 11.6 Å². The first kappa shape index (κ1) is 12.8. The van der Waals surface area contributed by atoms with Crippen molar-refractivity contribution in [1.82, 2.24) is 0 Å². The number of carbonyl (C=O) groups excluding carboxylic acids is 1. The minimum Gasteiger partial charge on any atom is -0.460 e. The second kappa shape index (κ2) is 6.18. The highest BCUT2D eigenvalue weighted by molar-refractivity contribution is 7.86. The Labute approximate surface area is 138 Å². The van der Waals surface area contributed by atoms with Crippen LogP contribution in [0.4, 0.5) is 0 Å². The van der Waals surface area contributed by atoms with Gasteiger partial charge in [-0.1, -0.05) is 37.6 Å². The first-order valence-electron chi connectivity index (χ1n) is 7.76. The minimum absolute atomic E-state index is 0.0627. The van der Waals surface area contributed by atoms with Gasteiger partial charge in [0, 0.05) is 13.3 Å². The largest absolute Gasteiger partial charge is 0.460 e. The van der Waals surface area contributed by atoms with Crippen LogP contribution < -0.4 is 5.73 Å². The zero-order valence-electron chi connectivity index (χ0n) is 14.8. The number of benzene rings is 1. The molecule has 8 heteroatoms. The highest BCUT2D eigenvalue weighted by Crippen LogP contribution is 2.32. The van der Waals surface area contributed by atoms with E-state index in [-0.39, 0.29) is 5.56 Å². The van der Waals surface area contributed by atoms with Crippen LogP contribution in [-0.4, -0.2) is 19.9 Å². The summed E-state index contributed by atoms with van der Waals surface area (Å²) < 4.78 is 57.5. The van der Waals surface area contributed by atoms with Crippen LogP contribution in [0.3, 0.4) is 0 Å². The molecule has 6 nitrogen and oxygen atoms in total. The molecule has 1 aliphatic rings. The van der Waals surface area contributed by atoms with Crippen molar-refractivity contribution < 1.29 is 26.2 Å². The molecular formula is C14H16ClNO5S. The Morgan fingerprint density at radius 3 is 2.59 bits per heavy atom. The van der Waals surface area contributed by atoms with Gasteiger partial charge in [0.2, 0.25) is 17.4 Å². The van der Waals surface area contributed by atoms with Gasteiger partial charge < -0.3 is 14.7 Å². The second-order valence-electron chi connectivity index (χ2n) is 4.77. The highest BCUT2D eigenvalue weighted by Gasteiger charge is 2.39. The van der Waals surface area contributed by atoms with Crippen molar-refractivity contribution in [3.05, 3.63) is 46.5 Å². The third-order valence-electron chi connectivity index (χ3n) is 2.53. The van der Waals surface area contributed by atoms with Gasteiger partial charge in [-0.25, -0.2) is 0 Å². The maximum Gasteiger partial charge on any atom is 0.309 e. The smallest absolute Gasteiger partial charge is 0.309 e. The Bertz CT molecular complexity index is 839. The number of rotatable bonds is 5. The molecule has 22 heavy (non-hydrogen) atoms. The van der Waals surface area contributed by atoms with Gasteiger partial charge in [0.15, 0.2) is 6.08 Å². The lowest BCUT2D eigenvalue weighted by molar-refractivity contribution is -0.123. The van der Waals surface area contributed by atoms with Crippen molar-refractivity contribution in [2.45, 2.75) is 19.9 Å². The summed E-state index contributed by atoms with van der Waals surface area (Å²) in [6.07, 6.45) is -2.34. The molecule has 1 aliphatic heterocycles. The lowest BCUT2D eigenvalue weighted by Gasteiger charge is -2.10. The average Bonchev–Trinajstić information content (AvgIpc) is 2.71. The fourth-order valence-corrected chi connectivity index (χ4v) is 2.84. The summed E-state index contributed by atoms with van der Waals surface area (Å²) in [5, 5.41) is 0.364. The molecule has 0 saturated carbocycles. The minimum atomic E-state index is -4.86. The molecule has 0 saturated heterocycles. The molecule has 0 fully saturated rings. The van der Waals surface area contributed by atoms with Gasteiger partial charge in [-0.2, -0.15) is 8.42 Å². The summed E-state index contributed by atoms with van der Waals surface area (Å²) in [7, 11) is -4.86. The van der Waals surface area contributed by atoms with Gasteiger partial charge >= 0.3 is 10.1 Å². The molecular weight excluding hydrogens is 330 g/mol. The molecule has 2 rings (SSSR count). The molecule has 0 radical (unpaired) electrons. The highest BCUT2D eigenvalue weighted by atomic mass is 35.5. The van der Waals surface area contributed by atoms with Crippen LogP contribution in [0.25, 0.3) is 0 Å². The van der Waals surface area contributed by atoms with Crippen LogP contribution in [0.2, 0.25) is 5.02 Å². The number of nitrogens with two attached hydrogens (primary N) is 1. The molecule has 1 atom stereocenters. The van der Waals surface area contributed by atoms with Crippen LogP contribution in [0, 0.1) is 5.92 Å². The molecule has 120 valence electrons. The van der Waals surface area contributed by atoms with Crippen LogP contribution in [0.1, 0.15) is 29.6 Å². The van der Waals surface area contributed by atoms with Gasteiger partial charge in [-0.15, -0.1) is 0 Å². The number of hydrogen-bond donors (Lipinski definition) is 1. The number of hydrogen-bond acceptors (Lipinski definition) is 6. The number of ketones is 1. The van der Waals surface area contributed by atoms with Gasteiger partial charge in [-0.3, -0.25) is 4.79 Å². The van der Waals surface area contributed by atoms with E-state index >= 15 is 0 Å². The van der Waals surface area contributed by atoms with E-state index in [1.807, 2.05) is 0 Å². The lowest BCUT2D eigenvalue weighted by atomic mass is 10.1. The van der Waals surface area contributed by atoms with Gasteiger partial charge in [-0.05, 0) is 18.1 Å². The van der Waals surface area contributed by atoms with E-state index in [0.29, 0.717) is 5.02 Å². The SMILES string of the molecule is [2H]C1(c2ccc(Cl)cc2)OC(N)=C(OS(=O)(=O)C([2H])([2H])C(C)C)C1=O. The Morgan fingerprint density at radius 1 is 1.45 bits per heavy atom. The fraction of sp³-hybridized carbons (Fsp3) is 0.357. The first-order chi connectivity index (χ1) is 11.3. The Hall–Kier alpha value is -1.73. The number of Topliss-reactive ketones (excluding diaryl/α,β-unsaturated/α-hetero) is 1. The summed E-state index contributed by atoms with van der Waals surface area (Å²) in [5.41, 5.74) is 2.81. The maximum atomic E-state index is 12.5. The molecule has 0 spiro atoms. The molecule has 1 unspecified atom stereocenters. The predicted molar refractivity (Wildman–Crippen MR) is 81.2 cm³/mol. The zero-order chi connectivity index (χ0) is 19.2. The van der Waals surface area contributed by atoms with Gasteiger partial charge in [0.25, 0.3) is 0 Å². The quantitative estimate of drug-likeness (QED) is 0.819. The van der Waals surface area contributed by atoms with Crippen molar-refractivity contribution in [3.63, 3.8) is 0 Å². The standard InChI is InChI=1S/C14H16ClNO5S/c1-8(2)7-22(18,19)21-13-11(17)12(20-14(13)16)9-3-5-10(15)6-4-9/h3-6,8,12H,7,16H2,1-2H3/i7D2,12D. The predicted octanol–water partition coefficient (Wildman–Crippen LogP) is 2.11. The summed E-state index contributed by atoms with van der Waals surface area (Å²) >= 11 is 5.76. The fourth-order valence-electron chi connectivity index (χ4n) is 1.71. The van der Waals surface area contributed by atoms with Gasteiger partial charge in [0.1, 0.15) is 0 Å². The third-order valence-corrected chi connectivity index (χ3v) is 3.93. The zero-order valence-corrected chi connectivity index (χ0v) is 13.4. The van der Waals surface area contributed by atoms with Crippen molar-refractivity contribution >= 4 is 27.5 Å². The third kappa shape index (κ3) is 3.72. The number of carbonyl (C=O) groups is 1. The van der Waals surface area contributed by atoms with Crippen molar-refractivity contribution in [2.75, 3.05) is 5.70 Å². The molecule has 0 amide bonds. The van der Waals surface area contributed by atoms with Crippen molar-refractivity contribution in [1.29, 1.82) is 0 Å². The summed E-state index contributed by atoms with van der Waals surface area (Å²) in [5.74, 6) is -3.74. The molecule has 1 aromatic rings. The number of ether oxygens (including phenoxy) is 1. The van der Waals surface area contributed by atoms with Crippen molar-refractivity contribution in [2.24, 2.45) is 11.7 Å². The molecule has 0 aliphatic carbocycles. The molecule has 0 aromatic heterocycles. The number of halogens is 1. The van der Waals surface area contributed by atoms with E-state index in [9.17, 15) is 13.2 Å². The summed E-state index contributed by atoms with van der Waals surface area (Å²) in [4.78, 5) is 12.5. The lowest BCUT2D eigenvalue weighted by Crippen LogP contribution is -2.19. The van der Waals surface area contributed by atoms with E-state index in [1.54, 1.807) is 0 Å². The van der Waals surface area contributed by atoms with E-state index in [2.05, 4.69) is 4.18 Å². The Balaban J connectivity index is 2.37. The topological polar surface area (TPSA) is 95.7 Å². The Morgan fingerprint density at radius 2 is 2.05 bits per heavy atom. The first-order valence-corrected chi connectivity index (χ1v) is 8.05. The van der Waals surface area contributed by atoms with E-state index in [1.165, 1.54) is 38.1 Å².